The van der Waals surface area contributed by atoms with Gasteiger partial charge in [-0.25, -0.2) is 19.3 Å². The van der Waals surface area contributed by atoms with Crippen LogP contribution < -0.4 is 4.74 Å². The smallest absolute Gasteiger partial charge is 0.148 e. The van der Waals surface area contributed by atoms with E-state index in [1.54, 1.807) is 7.11 Å². The van der Waals surface area contributed by atoms with Gasteiger partial charge in [0.1, 0.15) is 29.0 Å². The second-order valence-corrected chi connectivity index (χ2v) is 5.92. The molecule has 0 bridgehead atoms. The Bertz CT molecular complexity index is 833. The van der Waals surface area contributed by atoms with Gasteiger partial charge < -0.3 is 4.74 Å². The highest BCUT2D eigenvalue weighted by atomic mass is 16.5. The van der Waals surface area contributed by atoms with Crippen LogP contribution in [0, 0.1) is 20.8 Å². The SMILES string of the molecule is COc1ccc(-n2nc(C)nc2C(C)Cn2nc(C)nc2C)cc1. The molecule has 24 heavy (non-hydrogen) atoms. The van der Waals surface area contributed by atoms with Crippen LogP contribution in [0.15, 0.2) is 24.3 Å². The Hall–Kier alpha value is -2.70. The van der Waals surface area contributed by atoms with Gasteiger partial charge in [0.25, 0.3) is 0 Å². The largest absolute Gasteiger partial charge is 0.497 e. The summed E-state index contributed by atoms with van der Waals surface area (Å²) in [5.74, 6) is 4.32. The average Bonchev–Trinajstić information content (AvgIpc) is 3.10. The zero-order valence-corrected chi connectivity index (χ0v) is 14.7. The number of aromatic nitrogens is 6. The lowest BCUT2D eigenvalue weighted by Gasteiger charge is -2.13. The lowest BCUT2D eigenvalue weighted by atomic mass is 10.1. The number of hydrogen-bond donors (Lipinski definition) is 0. The minimum Gasteiger partial charge on any atom is -0.497 e. The fourth-order valence-electron chi connectivity index (χ4n) is 2.74. The van der Waals surface area contributed by atoms with Crippen molar-refractivity contribution < 1.29 is 4.74 Å². The molecular formula is C17H22N6O. The standard InChI is InChI=1S/C17H22N6O/c1-11(10-22-14(4)18-12(2)20-22)17-19-13(3)21-23(17)15-6-8-16(24-5)9-7-15/h6-9,11H,10H2,1-5H3. The lowest BCUT2D eigenvalue weighted by Crippen LogP contribution is -2.14. The Morgan fingerprint density at radius 3 is 2.25 bits per heavy atom. The molecule has 3 aromatic rings. The predicted octanol–water partition coefficient (Wildman–Crippen LogP) is 2.60. The highest BCUT2D eigenvalue weighted by molar-refractivity contribution is 5.37. The number of rotatable bonds is 5. The van der Waals surface area contributed by atoms with Crippen molar-refractivity contribution in [2.45, 2.75) is 40.2 Å². The summed E-state index contributed by atoms with van der Waals surface area (Å²) in [6.45, 7) is 8.60. The fraction of sp³-hybridized carbons (Fsp3) is 0.412. The number of methoxy groups -OCH3 is 1. The molecule has 0 spiro atoms. The molecule has 1 unspecified atom stereocenters. The maximum atomic E-state index is 5.22. The average molecular weight is 326 g/mol. The summed E-state index contributed by atoms with van der Waals surface area (Å²) in [6.07, 6.45) is 0. The topological polar surface area (TPSA) is 70.7 Å². The Labute approximate surface area is 141 Å². The van der Waals surface area contributed by atoms with Gasteiger partial charge >= 0.3 is 0 Å². The minimum atomic E-state index is 0.146. The van der Waals surface area contributed by atoms with Gasteiger partial charge in [-0.15, -0.1) is 0 Å². The molecule has 126 valence electrons. The summed E-state index contributed by atoms with van der Waals surface area (Å²) >= 11 is 0. The van der Waals surface area contributed by atoms with E-state index in [1.807, 2.05) is 54.4 Å². The first-order valence-corrected chi connectivity index (χ1v) is 7.94. The van der Waals surface area contributed by atoms with Gasteiger partial charge in [0, 0.05) is 5.92 Å². The Morgan fingerprint density at radius 1 is 1.00 bits per heavy atom. The van der Waals surface area contributed by atoms with Crippen LogP contribution in [-0.2, 0) is 6.54 Å². The van der Waals surface area contributed by atoms with Crippen LogP contribution in [0.5, 0.6) is 5.75 Å². The molecule has 0 N–H and O–H groups in total. The molecule has 0 aliphatic rings. The van der Waals surface area contributed by atoms with E-state index in [0.29, 0.717) is 6.54 Å². The van der Waals surface area contributed by atoms with Crippen LogP contribution in [0.4, 0.5) is 0 Å². The van der Waals surface area contributed by atoms with Gasteiger partial charge in [-0.1, -0.05) is 6.92 Å². The van der Waals surface area contributed by atoms with E-state index in [1.165, 1.54) is 0 Å². The third kappa shape index (κ3) is 3.15. The van der Waals surface area contributed by atoms with Crippen molar-refractivity contribution in [3.63, 3.8) is 0 Å². The van der Waals surface area contributed by atoms with E-state index in [9.17, 15) is 0 Å². The fourth-order valence-corrected chi connectivity index (χ4v) is 2.74. The lowest BCUT2D eigenvalue weighted by molar-refractivity contribution is 0.414. The van der Waals surface area contributed by atoms with Gasteiger partial charge in [0.15, 0.2) is 0 Å². The molecule has 3 rings (SSSR count). The molecule has 0 fully saturated rings. The van der Waals surface area contributed by atoms with Crippen LogP contribution in [-0.4, -0.2) is 36.6 Å². The monoisotopic (exact) mass is 326 g/mol. The third-order valence-electron chi connectivity index (χ3n) is 3.91. The van der Waals surface area contributed by atoms with E-state index in [-0.39, 0.29) is 5.92 Å². The van der Waals surface area contributed by atoms with Crippen molar-refractivity contribution in [2.75, 3.05) is 7.11 Å². The van der Waals surface area contributed by atoms with Gasteiger partial charge in [-0.05, 0) is 45.0 Å². The molecule has 1 aromatic carbocycles. The van der Waals surface area contributed by atoms with Crippen LogP contribution >= 0.6 is 0 Å². The number of benzene rings is 1. The summed E-state index contributed by atoms with van der Waals surface area (Å²) in [7, 11) is 1.66. The molecule has 0 saturated carbocycles. The zero-order chi connectivity index (χ0) is 17.3. The van der Waals surface area contributed by atoms with E-state index in [0.717, 1.165) is 34.7 Å². The van der Waals surface area contributed by atoms with Crippen molar-refractivity contribution in [3.8, 4) is 11.4 Å². The molecule has 7 nitrogen and oxygen atoms in total. The quantitative estimate of drug-likeness (QED) is 0.721. The molecule has 0 amide bonds. The zero-order valence-electron chi connectivity index (χ0n) is 14.7. The maximum absolute atomic E-state index is 5.22. The van der Waals surface area contributed by atoms with Crippen molar-refractivity contribution in [1.82, 2.24) is 29.5 Å². The second-order valence-electron chi connectivity index (χ2n) is 5.92. The van der Waals surface area contributed by atoms with Gasteiger partial charge in [-0.3, -0.25) is 0 Å². The molecule has 0 aliphatic carbocycles. The number of nitrogens with zero attached hydrogens (tertiary/aromatic N) is 6. The summed E-state index contributed by atoms with van der Waals surface area (Å²) in [5, 5.41) is 8.99. The van der Waals surface area contributed by atoms with E-state index in [2.05, 4.69) is 27.1 Å². The maximum Gasteiger partial charge on any atom is 0.148 e. The first-order chi connectivity index (χ1) is 11.5. The van der Waals surface area contributed by atoms with Crippen LogP contribution in [0.3, 0.4) is 0 Å². The highest BCUT2D eigenvalue weighted by Gasteiger charge is 2.18. The highest BCUT2D eigenvalue weighted by Crippen LogP contribution is 2.21. The van der Waals surface area contributed by atoms with E-state index in [4.69, 9.17) is 4.74 Å². The van der Waals surface area contributed by atoms with Crippen LogP contribution in [0.1, 0.15) is 36.1 Å². The third-order valence-corrected chi connectivity index (χ3v) is 3.91. The number of hydrogen-bond acceptors (Lipinski definition) is 5. The molecule has 7 heteroatoms. The Kier molecular flexibility index (Phi) is 4.33. The summed E-state index contributed by atoms with van der Waals surface area (Å²) in [4.78, 5) is 8.98. The summed E-state index contributed by atoms with van der Waals surface area (Å²) in [5.41, 5.74) is 0.963. The molecule has 1 atom stereocenters. The molecule has 2 heterocycles. The van der Waals surface area contributed by atoms with E-state index >= 15 is 0 Å². The molecule has 0 saturated heterocycles. The van der Waals surface area contributed by atoms with Crippen LogP contribution in [0.2, 0.25) is 0 Å². The first-order valence-electron chi connectivity index (χ1n) is 7.94. The van der Waals surface area contributed by atoms with Gasteiger partial charge in [-0.2, -0.15) is 10.2 Å². The van der Waals surface area contributed by atoms with Crippen molar-refractivity contribution in [2.24, 2.45) is 0 Å². The van der Waals surface area contributed by atoms with Crippen molar-refractivity contribution in [3.05, 3.63) is 47.6 Å². The Balaban J connectivity index is 1.91. The molecular weight excluding hydrogens is 304 g/mol. The van der Waals surface area contributed by atoms with Crippen LogP contribution in [0.25, 0.3) is 5.69 Å². The predicted molar refractivity (Wildman–Crippen MR) is 90.6 cm³/mol. The Morgan fingerprint density at radius 2 is 1.67 bits per heavy atom. The summed E-state index contributed by atoms with van der Waals surface area (Å²) < 4.78 is 9.03. The molecule has 2 aromatic heterocycles. The van der Waals surface area contributed by atoms with Crippen molar-refractivity contribution in [1.29, 1.82) is 0 Å². The molecule has 0 radical (unpaired) electrons. The second kappa shape index (κ2) is 6.43. The van der Waals surface area contributed by atoms with Crippen molar-refractivity contribution >= 4 is 0 Å². The normalized spacial score (nSPS) is 12.4. The number of ether oxygens (including phenoxy) is 1. The first kappa shape index (κ1) is 16.2. The van der Waals surface area contributed by atoms with Gasteiger partial charge in [0.2, 0.25) is 0 Å². The number of aryl methyl sites for hydroxylation is 3. The summed E-state index contributed by atoms with van der Waals surface area (Å²) in [6, 6.07) is 7.81. The van der Waals surface area contributed by atoms with E-state index < -0.39 is 0 Å². The van der Waals surface area contributed by atoms with Gasteiger partial charge in [0.05, 0.1) is 19.3 Å². The minimum absolute atomic E-state index is 0.146. The molecule has 0 aliphatic heterocycles.